The SMILES string of the molecule is O=C(Nc1cn(CCO)nc1-c1ccccn1)c1cccc(-c2ccncc2)n1.O=CO. The lowest BCUT2D eigenvalue weighted by molar-refractivity contribution is -0.122. The molecule has 4 aromatic rings. The number of aliphatic hydroxyl groups is 1. The molecule has 4 aromatic heterocycles. The smallest absolute Gasteiger partial charge is 0.290 e. The van der Waals surface area contributed by atoms with E-state index in [1.807, 2.05) is 30.3 Å². The first-order chi connectivity index (χ1) is 15.7. The van der Waals surface area contributed by atoms with Gasteiger partial charge in [-0.15, -0.1) is 0 Å². The summed E-state index contributed by atoms with van der Waals surface area (Å²) in [6.07, 6.45) is 6.69. The Labute approximate surface area is 183 Å². The van der Waals surface area contributed by atoms with Crippen LogP contribution in [-0.4, -0.2) is 53.9 Å². The van der Waals surface area contributed by atoms with Crippen molar-refractivity contribution in [2.24, 2.45) is 0 Å². The Morgan fingerprint density at radius 2 is 1.78 bits per heavy atom. The van der Waals surface area contributed by atoms with Crippen LogP contribution >= 0.6 is 0 Å². The zero-order chi connectivity index (χ0) is 22.8. The van der Waals surface area contributed by atoms with Crippen molar-refractivity contribution in [2.45, 2.75) is 6.54 Å². The number of aromatic nitrogens is 5. The molecule has 3 N–H and O–H groups in total. The molecule has 0 unspecified atom stereocenters. The number of amides is 1. The van der Waals surface area contributed by atoms with Gasteiger partial charge in [0.25, 0.3) is 12.4 Å². The van der Waals surface area contributed by atoms with Gasteiger partial charge in [0.2, 0.25) is 0 Å². The second-order valence-corrected chi connectivity index (χ2v) is 6.30. The first kappa shape index (κ1) is 22.2. The number of hydrogen-bond donors (Lipinski definition) is 3. The Morgan fingerprint density at radius 3 is 2.47 bits per heavy atom. The van der Waals surface area contributed by atoms with E-state index in [-0.39, 0.29) is 24.7 Å². The molecule has 0 aliphatic carbocycles. The highest BCUT2D eigenvalue weighted by atomic mass is 16.3. The average molecular weight is 432 g/mol. The van der Waals surface area contributed by atoms with Gasteiger partial charge in [-0.1, -0.05) is 12.1 Å². The van der Waals surface area contributed by atoms with Gasteiger partial charge in [0, 0.05) is 30.4 Å². The van der Waals surface area contributed by atoms with Crippen LogP contribution in [0.3, 0.4) is 0 Å². The highest BCUT2D eigenvalue weighted by molar-refractivity contribution is 6.04. The number of rotatable bonds is 6. The molecule has 4 heterocycles. The Kier molecular flexibility index (Phi) is 7.71. The van der Waals surface area contributed by atoms with Gasteiger partial charge >= 0.3 is 0 Å². The number of anilines is 1. The molecule has 0 radical (unpaired) electrons. The minimum absolute atomic E-state index is 0.0632. The zero-order valence-corrected chi connectivity index (χ0v) is 16.9. The lowest BCUT2D eigenvalue weighted by Crippen LogP contribution is -2.14. The van der Waals surface area contributed by atoms with Gasteiger partial charge in [0.15, 0.2) is 0 Å². The lowest BCUT2D eigenvalue weighted by atomic mass is 10.1. The third kappa shape index (κ3) is 5.58. The minimum Gasteiger partial charge on any atom is -0.483 e. The second kappa shape index (κ2) is 11.1. The molecule has 0 aliphatic rings. The molecule has 0 saturated heterocycles. The van der Waals surface area contributed by atoms with E-state index in [0.717, 1.165) is 5.56 Å². The van der Waals surface area contributed by atoms with E-state index in [2.05, 4.69) is 25.4 Å². The van der Waals surface area contributed by atoms with E-state index >= 15 is 0 Å². The van der Waals surface area contributed by atoms with Crippen molar-refractivity contribution in [3.8, 4) is 22.6 Å². The van der Waals surface area contributed by atoms with Crippen LogP contribution in [0.2, 0.25) is 0 Å². The molecule has 0 bridgehead atoms. The van der Waals surface area contributed by atoms with E-state index in [1.165, 1.54) is 0 Å². The molecule has 0 atom stereocenters. The predicted octanol–water partition coefficient (Wildman–Crippen LogP) is 2.35. The predicted molar refractivity (Wildman–Crippen MR) is 117 cm³/mol. The largest absolute Gasteiger partial charge is 0.483 e. The molecule has 0 fully saturated rings. The Hall–Kier alpha value is -4.44. The van der Waals surface area contributed by atoms with Crippen molar-refractivity contribution in [1.29, 1.82) is 0 Å². The van der Waals surface area contributed by atoms with Gasteiger partial charge in [-0.2, -0.15) is 5.10 Å². The topological polar surface area (TPSA) is 143 Å². The number of nitrogens with one attached hydrogen (secondary N) is 1. The van der Waals surface area contributed by atoms with Gasteiger partial charge in [-0.05, 0) is 36.4 Å². The Bertz CT molecular complexity index is 1170. The molecule has 162 valence electrons. The summed E-state index contributed by atoms with van der Waals surface area (Å²) in [5.41, 5.74) is 3.48. The molecule has 0 aromatic carbocycles. The number of carboxylic acid groups (broad SMARTS) is 1. The van der Waals surface area contributed by atoms with E-state index in [4.69, 9.17) is 9.90 Å². The number of pyridine rings is 3. The Morgan fingerprint density at radius 1 is 1.03 bits per heavy atom. The minimum atomic E-state index is -0.360. The number of carbonyl (C=O) groups is 2. The molecule has 0 saturated carbocycles. The molecule has 10 heteroatoms. The summed E-state index contributed by atoms with van der Waals surface area (Å²) in [4.78, 5) is 34.0. The summed E-state index contributed by atoms with van der Waals surface area (Å²) in [5.74, 6) is -0.360. The van der Waals surface area contributed by atoms with Crippen molar-refractivity contribution in [2.75, 3.05) is 11.9 Å². The molecule has 32 heavy (non-hydrogen) atoms. The van der Waals surface area contributed by atoms with Crippen molar-refractivity contribution in [3.05, 3.63) is 79.0 Å². The van der Waals surface area contributed by atoms with Crippen LogP contribution in [0.25, 0.3) is 22.6 Å². The van der Waals surface area contributed by atoms with Gasteiger partial charge in [-0.25, -0.2) is 4.98 Å². The second-order valence-electron chi connectivity index (χ2n) is 6.30. The van der Waals surface area contributed by atoms with E-state index in [0.29, 0.717) is 29.3 Å². The highest BCUT2D eigenvalue weighted by Crippen LogP contribution is 2.25. The third-order valence-corrected chi connectivity index (χ3v) is 4.20. The van der Waals surface area contributed by atoms with Crippen molar-refractivity contribution in [1.82, 2.24) is 24.7 Å². The standard InChI is InChI=1S/C21H18N6O2.CH2O2/c28-13-12-27-14-19(20(26-27)17-4-1-2-9-23-17)25-21(29)18-6-3-5-16(24-18)15-7-10-22-11-8-15;2-1-3/h1-11,14,28H,12-13H2,(H,25,29);1H,(H,2,3). The van der Waals surface area contributed by atoms with Gasteiger partial charge in [0.05, 0.1) is 30.2 Å². The highest BCUT2D eigenvalue weighted by Gasteiger charge is 2.17. The average Bonchev–Trinajstić information content (AvgIpc) is 3.23. The van der Waals surface area contributed by atoms with Crippen LogP contribution in [0, 0.1) is 0 Å². The Balaban J connectivity index is 0.000000913. The molecule has 0 aliphatic heterocycles. The van der Waals surface area contributed by atoms with Crippen molar-refractivity contribution in [3.63, 3.8) is 0 Å². The van der Waals surface area contributed by atoms with Crippen LogP contribution in [0.4, 0.5) is 5.69 Å². The molecular formula is C22H20N6O4. The number of carbonyl (C=O) groups excluding carboxylic acids is 1. The van der Waals surface area contributed by atoms with Gasteiger partial charge in [-0.3, -0.25) is 24.2 Å². The summed E-state index contributed by atoms with van der Waals surface area (Å²) in [6, 6.07) is 14.4. The number of nitrogens with zero attached hydrogens (tertiary/aromatic N) is 5. The fourth-order valence-electron chi connectivity index (χ4n) is 2.85. The maximum Gasteiger partial charge on any atom is 0.290 e. The van der Waals surface area contributed by atoms with Crippen LogP contribution < -0.4 is 5.32 Å². The first-order valence-electron chi connectivity index (χ1n) is 9.52. The van der Waals surface area contributed by atoms with E-state index < -0.39 is 0 Å². The van der Waals surface area contributed by atoms with E-state index in [9.17, 15) is 9.90 Å². The van der Waals surface area contributed by atoms with Crippen LogP contribution in [0.5, 0.6) is 0 Å². The molecule has 0 spiro atoms. The quantitative estimate of drug-likeness (QED) is 0.394. The summed E-state index contributed by atoms with van der Waals surface area (Å²) in [5, 5.41) is 23.4. The number of hydrogen-bond acceptors (Lipinski definition) is 7. The summed E-state index contributed by atoms with van der Waals surface area (Å²) < 4.78 is 1.57. The molecule has 1 amide bonds. The lowest BCUT2D eigenvalue weighted by Gasteiger charge is -2.06. The first-order valence-corrected chi connectivity index (χ1v) is 9.52. The zero-order valence-electron chi connectivity index (χ0n) is 16.9. The van der Waals surface area contributed by atoms with Gasteiger partial charge in [0.1, 0.15) is 11.4 Å². The maximum absolute atomic E-state index is 12.9. The summed E-state index contributed by atoms with van der Waals surface area (Å²) >= 11 is 0. The fraction of sp³-hybridized carbons (Fsp3) is 0.0909. The van der Waals surface area contributed by atoms with Crippen LogP contribution in [0.15, 0.2) is 73.3 Å². The van der Waals surface area contributed by atoms with Gasteiger partial charge < -0.3 is 15.5 Å². The van der Waals surface area contributed by atoms with Crippen LogP contribution in [0.1, 0.15) is 10.5 Å². The fourth-order valence-corrected chi connectivity index (χ4v) is 2.85. The van der Waals surface area contributed by atoms with E-state index in [1.54, 1.807) is 47.7 Å². The molecule has 4 rings (SSSR count). The summed E-state index contributed by atoms with van der Waals surface area (Å²) in [6.45, 7) is -0.00224. The normalized spacial score (nSPS) is 10.0. The van der Waals surface area contributed by atoms with Crippen molar-refractivity contribution >= 4 is 18.1 Å². The maximum atomic E-state index is 12.9. The number of aliphatic hydroxyl groups excluding tert-OH is 1. The van der Waals surface area contributed by atoms with Crippen molar-refractivity contribution < 1.29 is 19.8 Å². The monoisotopic (exact) mass is 432 g/mol. The third-order valence-electron chi connectivity index (χ3n) is 4.20. The van der Waals surface area contributed by atoms with Crippen LogP contribution in [-0.2, 0) is 11.3 Å². The molecule has 10 nitrogen and oxygen atoms in total. The molecular weight excluding hydrogens is 412 g/mol. The summed E-state index contributed by atoms with van der Waals surface area (Å²) in [7, 11) is 0.